The summed E-state index contributed by atoms with van der Waals surface area (Å²) >= 11 is 0. The van der Waals surface area contributed by atoms with Gasteiger partial charge in [0.1, 0.15) is 11.4 Å². The van der Waals surface area contributed by atoms with Gasteiger partial charge >= 0.3 is 0 Å². The van der Waals surface area contributed by atoms with E-state index >= 15 is 0 Å². The molecule has 0 saturated heterocycles. The molecule has 0 spiro atoms. The number of benzene rings is 1. The number of halogens is 1. The van der Waals surface area contributed by atoms with E-state index in [0.29, 0.717) is 6.54 Å². The lowest BCUT2D eigenvalue weighted by Gasteiger charge is -2.56. The average Bonchev–Trinajstić information content (AvgIpc) is 2.46. The summed E-state index contributed by atoms with van der Waals surface area (Å²) in [6.07, 6.45) is 13.6. The first kappa shape index (κ1) is 16.5. The molecule has 0 unspecified atom stereocenters. The highest BCUT2D eigenvalue weighted by Crippen LogP contribution is 2.57. The molecule has 124 valence electrons. The molecule has 2 nitrogen and oxygen atoms in total. The Morgan fingerprint density at radius 2 is 1.61 bits per heavy atom. The minimum absolute atomic E-state index is 0. The molecular formula is C20H26ClNO. The van der Waals surface area contributed by atoms with E-state index < -0.39 is 0 Å². The maximum atomic E-state index is 6.55. The molecule has 0 atom stereocenters. The molecule has 4 saturated carbocycles. The Hall–Kier alpha value is -1.33. The number of ether oxygens (including phenoxy) is 1. The van der Waals surface area contributed by atoms with Gasteiger partial charge in [0.25, 0.3) is 0 Å². The third-order valence-electron chi connectivity index (χ3n) is 5.92. The van der Waals surface area contributed by atoms with Crippen LogP contribution in [0.25, 0.3) is 0 Å². The second-order valence-corrected chi connectivity index (χ2v) is 7.76. The predicted octanol–water partition coefficient (Wildman–Crippen LogP) is 4.53. The Morgan fingerprint density at radius 1 is 1.09 bits per heavy atom. The number of terminal acetylenes is 1. The van der Waals surface area contributed by atoms with Crippen molar-refractivity contribution in [2.24, 2.45) is 17.8 Å². The van der Waals surface area contributed by atoms with Gasteiger partial charge in [0.05, 0.1) is 6.54 Å². The van der Waals surface area contributed by atoms with Crippen LogP contribution >= 0.6 is 12.4 Å². The molecule has 0 heterocycles. The zero-order chi connectivity index (χ0) is 15.2. The Morgan fingerprint density at radius 3 is 2.09 bits per heavy atom. The minimum Gasteiger partial charge on any atom is -0.487 e. The maximum Gasteiger partial charge on any atom is 0.120 e. The Bertz CT molecular complexity index is 553. The van der Waals surface area contributed by atoms with Crippen LogP contribution < -0.4 is 9.64 Å². The van der Waals surface area contributed by atoms with E-state index in [-0.39, 0.29) is 18.0 Å². The lowest BCUT2D eigenvalue weighted by Crippen LogP contribution is -2.53. The lowest BCUT2D eigenvalue weighted by molar-refractivity contribution is -0.107. The van der Waals surface area contributed by atoms with E-state index in [1.807, 2.05) is 7.05 Å². The first-order valence-corrected chi connectivity index (χ1v) is 8.59. The van der Waals surface area contributed by atoms with Gasteiger partial charge in [-0.3, -0.25) is 0 Å². The highest BCUT2D eigenvalue weighted by Gasteiger charge is 2.52. The van der Waals surface area contributed by atoms with Gasteiger partial charge in [-0.1, -0.05) is 5.92 Å². The Labute approximate surface area is 146 Å². The van der Waals surface area contributed by atoms with Crippen molar-refractivity contribution in [1.29, 1.82) is 0 Å². The van der Waals surface area contributed by atoms with Gasteiger partial charge < -0.3 is 9.64 Å². The van der Waals surface area contributed by atoms with Crippen LogP contribution in [0.3, 0.4) is 0 Å². The monoisotopic (exact) mass is 331 g/mol. The van der Waals surface area contributed by atoms with E-state index in [0.717, 1.165) is 29.2 Å². The zero-order valence-electron chi connectivity index (χ0n) is 13.8. The van der Waals surface area contributed by atoms with Gasteiger partial charge in [0.2, 0.25) is 0 Å². The van der Waals surface area contributed by atoms with Crippen molar-refractivity contribution < 1.29 is 4.74 Å². The molecule has 0 aromatic heterocycles. The molecule has 1 aromatic carbocycles. The first-order chi connectivity index (χ1) is 10.7. The van der Waals surface area contributed by atoms with Crippen molar-refractivity contribution >= 4 is 18.1 Å². The van der Waals surface area contributed by atoms with E-state index in [1.165, 1.54) is 38.5 Å². The maximum absolute atomic E-state index is 6.55. The fourth-order valence-electron chi connectivity index (χ4n) is 5.40. The molecule has 0 radical (unpaired) electrons. The molecule has 4 aliphatic rings. The molecule has 3 heteroatoms. The molecule has 0 N–H and O–H groups in total. The number of nitrogens with zero attached hydrogens (tertiary/aromatic N) is 1. The second kappa shape index (κ2) is 6.29. The fraction of sp³-hybridized carbons (Fsp3) is 0.600. The third kappa shape index (κ3) is 3.17. The van der Waals surface area contributed by atoms with Crippen molar-refractivity contribution in [3.05, 3.63) is 24.3 Å². The molecule has 0 aliphatic heterocycles. The van der Waals surface area contributed by atoms with E-state index in [4.69, 9.17) is 11.2 Å². The van der Waals surface area contributed by atoms with Crippen LogP contribution in [0.1, 0.15) is 38.5 Å². The standard InChI is InChI=1S/C20H25NO.ClH/c1-3-8-21(2)18-4-6-19(7-5-18)22-20-12-15-9-16(13-20)11-17(10-15)14-20;/h1,4-7,15-17H,8-14H2,2H3;1H. The van der Waals surface area contributed by atoms with Gasteiger partial charge in [-0.25, -0.2) is 0 Å². The van der Waals surface area contributed by atoms with Crippen LogP contribution in [-0.4, -0.2) is 19.2 Å². The molecule has 4 aliphatic carbocycles. The van der Waals surface area contributed by atoms with Crippen molar-refractivity contribution in [3.8, 4) is 18.1 Å². The molecule has 0 amide bonds. The van der Waals surface area contributed by atoms with Crippen LogP contribution in [0.2, 0.25) is 0 Å². The smallest absolute Gasteiger partial charge is 0.120 e. The number of anilines is 1. The van der Waals surface area contributed by atoms with E-state index in [1.54, 1.807) is 0 Å². The summed E-state index contributed by atoms with van der Waals surface area (Å²) in [5.74, 6) is 6.48. The number of hydrogen-bond donors (Lipinski definition) is 0. The molecule has 4 fully saturated rings. The second-order valence-electron chi connectivity index (χ2n) is 7.76. The lowest BCUT2D eigenvalue weighted by atomic mass is 9.54. The van der Waals surface area contributed by atoms with Crippen molar-refractivity contribution in [1.82, 2.24) is 0 Å². The van der Waals surface area contributed by atoms with Crippen LogP contribution in [0.5, 0.6) is 5.75 Å². The molecule has 5 rings (SSSR count). The Kier molecular flexibility index (Phi) is 4.52. The average molecular weight is 332 g/mol. The number of hydrogen-bond acceptors (Lipinski definition) is 2. The summed E-state index contributed by atoms with van der Waals surface area (Å²) in [6, 6.07) is 8.46. The minimum atomic E-state index is 0. The van der Waals surface area contributed by atoms with Crippen molar-refractivity contribution in [2.75, 3.05) is 18.5 Å². The normalized spacial score (nSPS) is 33.7. The van der Waals surface area contributed by atoms with Gasteiger partial charge in [-0.15, -0.1) is 18.8 Å². The fourth-order valence-corrected chi connectivity index (χ4v) is 5.40. The molecule has 23 heavy (non-hydrogen) atoms. The van der Waals surface area contributed by atoms with Crippen LogP contribution in [-0.2, 0) is 0 Å². The Balaban J connectivity index is 0.00000156. The summed E-state index contributed by atoms with van der Waals surface area (Å²) < 4.78 is 6.55. The van der Waals surface area contributed by atoms with Crippen LogP contribution in [0, 0.1) is 30.1 Å². The predicted molar refractivity (Wildman–Crippen MR) is 97.3 cm³/mol. The highest BCUT2D eigenvalue weighted by atomic mass is 35.5. The molecular weight excluding hydrogens is 306 g/mol. The largest absolute Gasteiger partial charge is 0.487 e. The quantitative estimate of drug-likeness (QED) is 0.752. The summed E-state index contributed by atoms with van der Waals surface area (Å²) in [4.78, 5) is 2.08. The first-order valence-electron chi connectivity index (χ1n) is 8.59. The van der Waals surface area contributed by atoms with Crippen LogP contribution in [0.4, 0.5) is 5.69 Å². The van der Waals surface area contributed by atoms with E-state index in [2.05, 4.69) is 35.1 Å². The zero-order valence-corrected chi connectivity index (χ0v) is 14.6. The summed E-state index contributed by atoms with van der Waals surface area (Å²) in [7, 11) is 2.02. The summed E-state index contributed by atoms with van der Waals surface area (Å²) in [5.41, 5.74) is 1.29. The summed E-state index contributed by atoms with van der Waals surface area (Å²) in [6.45, 7) is 0.634. The van der Waals surface area contributed by atoms with Crippen LogP contribution in [0.15, 0.2) is 24.3 Å². The van der Waals surface area contributed by atoms with Gasteiger partial charge in [-0.05, 0) is 80.5 Å². The van der Waals surface area contributed by atoms with Gasteiger partial charge in [0.15, 0.2) is 0 Å². The SMILES string of the molecule is C#CCN(C)c1ccc(OC23CC4CC(CC(C4)C2)C3)cc1.Cl. The van der Waals surface area contributed by atoms with E-state index in [9.17, 15) is 0 Å². The van der Waals surface area contributed by atoms with Gasteiger partial charge in [0, 0.05) is 12.7 Å². The van der Waals surface area contributed by atoms with Crippen molar-refractivity contribution in [2.45, 2.75) is 44.1 Å². The van der Waals surface area contributed by atoms with Crippen molar-refractivity contribution in [3.63, 3.8) is 0 Å². The summed E-state index contributed by atoms with van der Waals surface area (Å²) in [5, 5.41) is 0. The third-order valence-corrected chi connectivity index (χ3v) is 5.92. The number of rotatable bonds is 4. The highest BCUT2D eigenvalue weighted by molar-refractivity contribution is 5.85. The molecule has 1 aromatic rings. The molecule has 4 bridgehead atoms. The topological polar surface area (TPSA) is 12.5 Å². The van der Waals surface area contributed by atoms with Gasteiger partial charge in [-0.2, -0.15) is 0 Å².